The van der Waals surface area contributed by atoms with Gasteiger partial charge in [-0.1, -0.05) is 72.9 Å². The van der Waals surface area contributed by atoms with Gasteiger partial charge in [0, 0.05) is 16.5 Å². The molecule has 0 radical (unpaired) electrons. The van der Waals surface area contributed by atoms with Crippen LogP contribution in [0.25, 0.3) is 10.1 Å². The molecule has 0 spiro atoms. The summed E-state index contributed by atoms with van der Waals surface area (Å²) >= 11 is 7.56. The van der Waals surface area contributed by atoms with E-state index in [1.165, 1.54) is 0 Å². The van der Waals surface area contributed by atoms with Crippen LogP contribution in [-0.4, -0.2) is 36.7 Å². The molecule has 182 valence electrons. The third-order valence-electron chi connectivity index (χ3n) is 5.21. The van der Waals surface area contributed by atoms with Crippen molar-refractivity contribution in [2.24, 2.45) is 0 Å². The smallest absolute Gasteiger partial charge is 0.349 e. The Morgan fingerprint density at radius 2 is 1.22 bits per heavy atom. The van der Waals surface area contributed by atoms with E-state index in [0.29, 0.717) is 15.8 Å². The molecule has 9 heteroatoms. The van der Waals surface area contributed by atoms with Crippen LogP contribution in [0.5, 0.6) is 0 Å². The lowest BCUT2D eigenvalue weighted by molar-refractivity contribution is 0.0485. The van der Waals surface area contributed by atoms with Gasteiger partial charge in [0.1, 0.15) is 8.70 Å². The predicted octanol–water partition coefficient (Wildman–Crippen LogP) is 6.51. The van der Waals surface area contributed by atoms with Crippen LogP contribution in [0.15, 0.2) is 60.7 Å². The molecule has 0 saturated heterocycles. The maximum absolute atomic E-state index is 13.9. The van der Waals surface area contributed by atoms with Gasteiger partial charge < -0.3 is 9.47 Å². The largest absolute Gasteiger partial charge is 0.462 e. The number of ketones is 2. The first-order valence-corrected chi connectivity index (χ1v) is 13.1. The molecule has 2 aromatic carbocycles. The van der Waals surface area contributed by atoms with Crippen LogP contribution < -0.4 is 0 Å². The van der Waals surface area contributed by atoms with Crippen LogP contribution in [0.3, 0.4) is 0 Å². The normalized spacial score (nSPS) is 10.7. The molecule has 2 heterocycles. The molecule has 0 aliphatic rings. The van der Waals surface area contributed by atoms with E-state index in [-0.39, 0.29) is 43.3 Å². The minimum atomic E-state index is -0.794. The van der Waals surface area contributed by atoms with Gasteiger partial charge in [0.05, 0.1) is 33.9 Å². The van der Waals surface area contributed by atoms with Crippen LogP contribution >= 0.6 is 34.9 Å². The second kappa shape index (κ2) is 11.0. The molecule has 0 unspecified atom stereocenters. The quantitative estimate of drug-likeness (QED) is 0.144. The summed E-state index contributed by atoms with van der Waals surface area (Å²) in [6.45, 7) is 3.42. The highest BCUT2D eigenvalue weighted by molar-refractivity contribution is 7.74. The summed E-state index contributed by atoms with van der Waals surface area (Å²) in [6, 6.07) is 16.9. The fraction of sp³-hybridized carbons (Fsp3) is 0.148. The average Bonchev–Trinajstić information content (AvgIpc) is 3.30. The van der Waals surface area contributed by atoms with Gasteiger partial charge in [0.15, 0.2) is 5.78 Å². The molecule has 0 N–H and O–H groups in total. The molecule has 0 saturated carbocycles. The van der Waals surface area contributed by atoms with E-state index in [9.17, 15) is 19.2 Å². The first kappa shape index (κ1) is 25.6. The van der Waals surface area contributed by atoms with Gasteiger partial charge >= 0.3 is 11.9 Å². The Bertz CT molecular complexity index is 1530. The molecular formula is C27H20O6S3. The Morgan fingerprint density at radius 3 is 1.78 bits per heavy atom. The standard InChI is InChI=1S/C27H20O6S3/c1-3-32-25(30)19-17-18(20(28)15-11-7-5-8-12-15)22(21(29)16-13-9-6-10-14-16)36-27(34)24(17)35-23(19)26(31)33-4-2/h5-14H,3-4H2,1-2H3. The number of rotatable bonds is 8. The lowest BCUT2D eigenvalue weighted by Crippen LogP contribution is -2.15. The van der Waals surface area contributed by atoms with Gasteiger partial charge in [-0.2, -0.15) is 0 Å². The second-order valence-electron chi connectivity index (χ2n) is 7.44. The first-order chi connectivity index (χ1) is 17.4. The number of fused-ring (bicyclic) bond motifs is 1. The fourth-order valence-electron chi connectivity index (χ4n) is 3.69. The summed E-state index contributed by atoms with van der Waals surface area (Å²) in [5, 5.41) is 0.137. The van der Waals surface area contributed by atoms with Crippen LogP contribution in [0, 0.1) is 3.82 Å². The number of ether oxygens (including phenoxy) is 2. The molecule has 0 amide bonds. The maximum Gasteiger partial charge on any atom is 0.349 e. The summed E-state index contributed by atoms with van der Waals surface area (Å²) in [4.78, 5) is 53.7. The van der Waals surface area contributed by atoms with E-state index in [1.54, 1.807) is 74.5 Å². The van der Waals surface area contributed by atoms with Crippen LogP contribution in [-0.2, 0) is 9.47 Å². The van der Waals surface area contributed by atoms with Gasteiger partial charge in [-0.3, -0.25) is 9.59 Å². The number of carbonyl (C=O) groups excluding carboxylic acids is 4. The number of hydrogen-bond acceptors (Lipinski definition) is 9. The molecule has 0 aliphatic carbocycles. The zero-order valence-electron chi connectivity index (χ0n) is 19.4. The second-order valence-corrected chi connectivity index (χ2v) is 10.1. The fourth-order valence-corrected chi connectivity index (χ4v) is 6.32. The molecule has 6 nitrogen and oxygen atoms in total. The van der Waals surface area contributed by atoms with Gasteiger partial charge in [-0.15, -0.1) is 22.7 Å². The van der Waals surface area contributed by atoms with Crippen molar-refractivity contribution in [1.82, 2.24) is 0 Å². The van der Waals surface area contributed by atoms with Crippen molar-refractivity contribution >= 4 is 68.5 Å². The third-order valence-corrected chi connectivity index (χ3v) is 8.09. The van der Waals surface area contributed by atoms with Crippen molar-refractivity contribution in [3.05, 3.63) is 96.5 Å². The molecule has 0 atom stereocenters. The highest BCUT2D eigenvalue weighted by atomic mass is 32.1. The van der Waals surface area contributed by atoms with Gasteiger partial charge in [-0.25, -0.2) is 9.59 Å². The van der Waals surface area contributed by atoms with Crippen molar-refractivity contribution in [2.75, 3.05) is 13.2 Å². The number of thiophene rings is 1. The van der Waals surface area contributed by atoms with Crippen molar-refractivity contribution in [1.29, 1.82) is 0 Å². The molecule has 4 rings (SSSR count). The third kappa shape index (κ3) is 4.77. The van der Waals surface area contributed by atoms with Crippen molar-refractivity contribution in [3.8, 4) is 0 Å². The highest BCUT2D eigenvalue weighted by Crippen LogP contribution is 2.41. The van der Waals surface area contributed by atoms with E-state index < -0.39 is 23.5 Å². The summed E-state index contributed by atoms with van der Waals surface area (Å²) in [5.74, 6) is -2.40. The van der Waals surface area contributed by atoms with Gasteiger partial charge in [-0.05, 0) is 13.8 Å². The lowest BCUT2D eigenvalue weighted by Gasteiger charge is -2.12. The Balaban J connectivity index is 2.14. The molecule has 0 aliphatic heterocycles. The minimum Gasteiger partial charge on any atom is -0.462 e. The van der Waals surface area contributed by atoms with Crippen LogP contribution in [0.4, 0.5) is 0 Å². The Kier molecular flexibility index (Phi) is 7.83. The zero-order chi connectivity index (χ0) is 25.8. The van der Waals surface area contributed by atoms with E-state index in [1.807, 2.05) is 0 Å². The molecule has 4 aromatic rings. The van der Waals surface area contributed by atoms with Crippen molar-refractivity contribution in [3.63, 3.8) is 0 Å². The van der Waals surface area contributed by atoms with Gasteiger partial charge in [0.25, 0.3) is 0 Å². The number of hydrogen-bond donors (Lipinski definition) is 0. The average molecular weight is 537 g/mol. The molecule has 0 fully saturated rings. The van der Waals surface area contributed by atoms with E-state index in [4.69, 9.17) is 21.7 Å². The monoisotopic (exact) mass is 536 g/mol. The molecular weight excluding hydrogens is 516 g/mol. The Morgan fingerprint density at radius 1 is 0.694 bits per heavy atom. The summed E-state index contributed by atoms with van der Waals surface area (Å²) in [6.07, 6.45) is 0. The molecule has 2 aromatic heterocycles. The first-order valence-electron chi connectivity index (χ1n) is 11.1. The van der Waals surface area contributed by atoms with Crippen LogP contribution in [0.1, 0.15) is 65.0 Å². The highest BCUT2D eigenvalue weighted by Gasteiger charge is 2.33. The number of esters is 2. The van der Waals surface area contributed by atoms with Gasteiger partial charge in [0.2, 0.25) is 5.78 Å². The summed E-state index contributed by atoms with van der Waals surface area (Å²) in [7, 11) is 0. The summed E-state index contributed by atoms with van der Waals surface area (Å²) in [5.41, 5.74) is 0.584. The lowest BCUT2D eigenvalue weighted by atomic mass is 9.95. The topological polar surface area (TPSA) is 86.7 Å². The van der Waals surface area contributed by atoms with E-state index in [0.717, 1.165) is 22.7 Å². The van der Waals surface area contributed by atoms with E-state index in [2.05, 4.69) is 0 Å². The minimum absolute atomic E-state index is 0.0125. The predicted molar refractivity (Wildman–Crippen MR) is 142 cm³/mol. The Hall–Kier alpha value is -3.53. The van der Waals surface area contributed by atoms with E-state index >= 15 is 0 Å². The number of benzene rings is 2. The number of carbonyl (C=O) groups is 4. The van der Waals surface area contributed by atoms with Crippen molar-refractivity contribution < 1.29 is 28.7 Å². The molecule has 36 heavy (non-hydrogen) atoms. The summed E-state index contributed by atoms with van der Waals surface area (Å²) < 4.78 is 11.1. The Labute approximate surface area is 220 Å². The maximum atomic E-state index is 13.9. The van der Waals surface area contributed by atoms with Crippen molar-refractivity contribution in [2.45, 2.75) is 13.8 Å². The van der Waals surface area contributed by atoms with Crippen LogP contribution in [0.2, 0.25) is 0 Å². The zero-order valence-corrected chi connectivity index (χ0v) is 21.8. The SMILES string of the molecule is CCOC(=O)c1sc2c(=S)sc(C(=O)c3ccccc3)c(C(=O)c3ccccc3)c2c1C(=O)OCC. The molecule has 0 bridgehead atoms.